The van der Waals surface area contributed by atoms with Crippen molar-refractivity contribution >= 4 is 164 Å². The number of carbonyl (C=O) groups excluding carboxylic acids is 10. The van der Waals surface area contributed by atoms with Gasteiger partial charge < -0.3 is 47.4 Å². The molecule has 29 heteroatoms. The summed E-state index contributed by atoms with van der Waals surface area (Å²) >= 11 is 50.0. The minimum atomic E-state index is -0.612. The first-order valence-corrected chi connectivity index (χ1v) is 58.4. The smallest absolute Gasteiger partial charge is 0.349 e. The first-order valence-electron chi connectivity index (χ1n) is 55.0. The van der Waals surface area contributed by atoms with E-state index < -0.39 is 53.7 Å². The van der Waals surface area contributed by atoms with Crippen molar-refractivity contribution in [1.82, 2.24) is 0 Å². The average molecular weight is 2200 g/mol. The van der Waals surface area contributed by atoms with Gasteiger partial charge in [0.15, 0.2) is 0 Å². The van der Waals surface area contributed by atoms with Crippen LogP contribution in [0, 0.1) is 187 Å². The molecule has 25 atom stereocenters. The van der Waals surface area contributed by atoms with Crippen LogP contribution in [0.2, 0.25) is 0 Å². The highest BCUT2D eigenvalue weighted by Gasteiger charge is 2.68. The quantitative estimate of drug-likeness (QED) is 0.0503. The number of fused-ring (bicyclic) bond motifs is 19. The minimum Gasteiger partial charge on any atom is -0.461 e. The molecule has 0 aromatic carbocycles. The first-order chi connectivity index (χ1) is 68.8. The van der Waals surface area contributed by atoms with Crippen LogP contribution >= 0.6 is 104 Å². The van der Waals surface area contributed by atoms with Crippen LogP contribution < -0.4 is 0 Å². The molecule has 0 aromatic heterocycles. The van der Waals surface area contributed by atoms with Gasteiger partial charge in [0.25, 0.3) is 0 Å². The van der Waals surface area contributed by atoms with Crippen LogP contribution in [0.25, 0.3) is 0 Å². The Hall–Kier alpha value is -5.03. The normalized spacial score (nSPS) is 44.3. The molecule has 0 aromatic rings. The topological polar surface area (TPSA) is 263 Å². The van der Waals surface area contributed by atoms with E-state index in [1.807, 2.05) is 0 Å². The Balaban J connectivity index is 0.000000108. The SMILES string of the molecule is C=C(Cl)C(=O)OC12CC3CC(C)(CC(C)(C3)C1)C2.C=C(Cl)C(=O)OC12CC3CC(CC(C3)C1)C2.C=C(Cl)C(=O)OC1C2CC3C(=O)OC1C3C2.C=C(Cl)C(=O)OC1C2CC3CC(C2)CC1C3.C=C(Cl)C(=O)OC1CC2CC1C1C3CCC(C3)C21.C=C(Cl)C(=O)OC1CC2CC1C1CCCC21.C=C(Cl)C(=O)OC1CC2CCC1(C)C2(C)C.C=C(Cl)C(=O)OC1CC2CCC1C2.C=C(Cl)C(=O)OCC12CC3CC(CC(C3)C1)C2. The van der Waals surface area contributed by atoms with Gasteiger partial charge in [-0.15, -0.1) is 0 Å². The summed E-state index contributed by atoms with van der Waals surface area (Å²) in [6.07, 6.45) is 51.3. The first kappa shape index (κ1) is 111. The van der Waals surface area contributed by atoms with Crippen molar-refractivity contribution < 1.29 is 95.3 Å². The number of rotatable bonds is 19. The molecule has 0 spiro atoms. The van der Waals surface area contributed by atoms with Gasteiger partial charge in [0, 0.05) is 22.7 Å². The van der Waals surface area contributed by atoms with E-state index in [2.05, 4.69) is 93.8 Å². The summed E-state index contributed by atoms with van der Waals surface area (Å²) in [5.74, 6) is 15.4. The summed E-state index contributed by atoms with van der Waals surface area (Å²) in [6.45, 7) is 42.8. The molecule has 30 aliphatic rings. The summed E-state index contributed by atoms with van der Waals surface area (Å²) < 4.78 is 54.4. The van der Waals surface area contributed by atoms with Crippen molar-refractivity contribution in [3.05, 3.63) is 105 Å². The molecule has 804 valence electrons. The van der Waals surface area contributed by atoms with E-state index in [1.165, 1.54) is 186 Å². The summed E-state index contributed by atoms with van der Waals surface area (Å²) in [5, 5.41) is -0.135. The molecule has 29 aliphatic carbocycles. The Bertz CT molecular complexity index is 5070. The Labute approximate surface area is 908 Å². The molecule has 20 nitrogen and oxygen atoms in total. The predicted molar refractivity (Wildman–Crippen MR) is 561 cm³/mol. The number of esters is 10. The predicted octanol–water partition coefficient (Wildman–Crippen LogP) is 27.5. The van der Waals surface area contributed by atoms with E-state index in [1.54, 1.807) is 0 Å². The zero-order valence-electron chi connectivity index (χ0n) is 86.0. The number of halogens is 9. The van der Waals surface area contributed by atoms with Crippen LogP contribution in [0.5, 0.6) is 0 Å². The Morgan fingerprint density at radius 2 is 0.733 bits per heavy atom. The van der Waals surface area contributed by atoms with Crippen LogP contribution in [-0.4, -0.2) is 120 Å². The third kappa shape index (κ3) is 23.3. The fourth-order valence-electron chi connectivity index (χ4n) is 38.6. The van der Waals surface area contributed by atoms with Crippen molar-refractivity contribution in [2.75, 3.05) is 6.61 Å². The maximum atomic E-state index is 11.8. The van der Waals surface area contributed by atoms with E-state index >= 15 is 0 Å². The van der Waals surface area contributed by atoms with Gasteiger partial charge in [-0.25, -0.2) is 43.2 Å². The highest BCUT2D eigenvalue weighted by Crippen LogP contribution is 2.72. The molecule has 1 saturated heterocycles. The largest absolute Gasteiger partial charge is 0.461 e. The standard InChI is InChI=1S/C15H19ClO2.C15H21ClO2.C14H19ClO2.3C13H17ClO2.C13H19ClO2.C11H11ClO4.C10H13ClO2/c1-7(16)15(17)18-12-6-10-5-11(12)14-9-3-2-8(4-9)13(10)14;1-10(16)12(17)18-15-6-11-4-13(2,8-15)7-14(3,5-11)9-15;1-9(15)13(16)17-8-14-5-10-2-11(6-14)4-12(3-10)7-14;1-8(14)12(15)16-13-5-9-2-10(6-13)4-11(3-9)7-13;1-7(14)13(15)16-12-10-3-8-2-9(5-10)6-11(12)4-8;1-7(14)13(15)16-12-6-8-5-11(12)10-4-2-3-9(8)10;1-8(14)11(15)16-10-7-9-5-6-13(10,4)12(9,2)3;1-4(12)10(13)15-8-5-2-6-7(3-5)11(14)16-9(6)8;1-6(11)10(12)13-9-5-7-2-3-8(9)4-7/h8-14H,1-6H2;11H,1,4-9H2,2-3H3;10-12H,1-8H2;9-11H,1-7H2;2*8-12H,1-6H2;9-10H,1,5-7H2,2-4H3;5-9H,1-3H2;7-9H,1-5H2. The lowest BCUT2D eigenvalue weighted by atomic mass is 9.43. The molecule has 0 amide bonds. The highest BCUT2D eigenvalue weighted by molar-refractivity contribution is 6.44. The number of carbonyl (C=O) groups is 10. The van der Waals surface area contributed by atoms with Gasteiger partial charge in [0.05, 0.1) is 12.5 Å². The molecular formula is C117H153Cl9O20. The zero-order valence-corrected chi connectivity index (χ0v) is 92.8. The monoisotopic (exact) mass is 2190 g/mol. The van der Waals surface area contributed by atoms with Crippen molar-refractivity contribution in [3.63, 3.8) is 0 Å². The van der Waals surface area contributed by atoms with Crippen molar-refractivity contribution in [1.29, 1.82) is 0 Å². The maximum Gasteiger partial charge on any atom is 0.349 e. The molecule has 0 radical (unpaired) electrons. The van der Waals surface area contributed by atoms with Crippen molar-refractivity contribution in [2.45, 2.75) is 358 Å². The van der Waals surface area contributed by atoms with E-state index in [0.29, 0.717) is 58.9 Å². The fraction of sp³-hybridized carbons (Fsp3) is 0.761. The molecule has 146 heavy (non-hydrogen) atoms. The lowest BCUT2D eigenvalue weighted by molar-refractivity contribution is -0.212. The van der Waals surface area contributed by atoms with E-state index in [-0.39, 0.29) is 139 Å². The van der Waals surface area contributed by atoms with Gasteiger partial charge >= 0.3 is 59.7 Å². The summed E-state index contributed by atoms with van der Waals surface area (Å²) in [6, 6.07) is 0. The van der Waals surface area contributed by atoms with Gasteiger partial charge in [-0.2, -0.15) is 0 Å². The van der Waals surface area contributed by atoms with Crippen molar-refractivity contribution in [3.8, 4) is 0 Å². The van der Waals surface area contributed by atoms with E-state index in [9.17, 15) is 47.9 Å². The second-order valence-electron chi connectivity index (χ2n) is 52.5. The second-order valence-corrected chi connectivity index (χ2v) is 56.6. The lowest BCUT2D eigenvalue weighted by Gasteiger charge is -2.64. The molecule has 1 heterocycles. The van der Waals surface area contributed by atoms with Crippen LogP contribution in [0.4, 0.5) is 0 Å². The molecular weight excluding hydrogens is 2040 g/mol. The van der Waals surface area contributed by atoms with E-state index in [0.717, 1.165) is 184 Å². The molecule has 28 bridgehead atoms. The maximum absolute atomic E-state index is 11.8. The zero-order chi connectivity index (χ0) is 105. The van der Waals surface area contributed by atoms with Crippen LogP contribution in [0.15, 0.2) is 105 Å². The van der Waals surface area contributed by atoms with Crippen LogP contribution in [-0.2, 0) is 95.3 Å². The second kappa shape index (κ2) is 43.6. The fourth-order valence-corrected chi connectivity index (χ4v) is 39.0. The summed E-state index contributed by atoms with van der Waals surface area (Å²) in [7, 11) is 0. The Morgan fingerprint density at radius 1 is 0.315 bits per heavy atom. The molecule has 29 saturated carbocycles. The lowest BCUT2D eigenvalue weighted by Crippen LogP contribution is -2.59. The van der Waals surface area contributed by atoms with Crippen LogP contribution in [0.3, 0.4) is 0 Å². The third-order valence-electron chi connectivity index (χ3n) is 42.3. The van der Waals surface area contributed by atoms with Gasteiger partial charge in [0.2, 0.25) is 0 Å². The molecule has 30 fully saturated rings. The molecule has 25 unspecified atom stereocenters. The van der Waals surface area contributed by atoms with Gasteiger partial charge in [-0.3, -0.25) is 4.79 Å². The Kier molecular flexibility index (Phi) is 33.1. The van der Waals surface area contributed by atoms with E-state index in [4.69, 9.17) is 152 Å². The third-order valence-corrected chi connectivity index (χ3v) is 43.7. The van der Waals surface area contributed by atoms with Crippen molar-refractivity contribution in [2.24, 2.45) is 187 Å². The Morgan fingerprint density at radius 3 is 1.21 bits per heavy atom. The molecule has 1 aliphatic heterocycles. The summed E-state index contributed by atoms with van der Waals surface area (Å²) in [4.78, 5) is 115. The summed E-state index contributed by atoms with van der Waals surface area (Å²) in [5.41, 5.74) is 0.869. The number of hydrogen-bond donors (Lipinski definition) is 0. The van der Waals surface area contributed by atoms with Gasteiger partial charge in [-0.1, -0.05) is 205 Å². The highest BCUT2D eigenvalue weighted by atomic mass is 35.5. The molecule has 0 N–H and O–H groups in total. The molecule has 30 rings (SSSR count). The van der Waals surface area contributed by atoms with Gasteiger partial charge in [0.1, 0.15) is 99.2 Å². The minimum absolute atomic E-state index is 0.000974. The van der Waals surface area contributed by atoms with Crippen LogP contribution in [0.1, 0.15) is 304 Å². The number of hydrogen-bond acceptors (Lipinski definition) is 20. The average Bonchev–Trinajstić information content (AvgIpc) is 1.50. The van der Waals surface area contributed by atoms with Gasteiger partial charge in [-0.05, 0) is 422 Å². The number of ether oxygens (including phenoxy) is 10.